The molecule has 0 unspecified atom stereocenters. The van der Waals surface area contributed by atoms with E-state index in [-0.39, 0.29) is 0 Å². The molecule has 0 aromatic rings. The first-order chi connectivity index (χ1) is 5.45. The highest BCUT2D eigenvalue weighted by atomic mass is 32.1. The molecular formula is C10H20OS. The second-order valence-corrected chi connectivity index (χ2v) is 4.67. The van der Waals surface area contributed by atoms with E-state index in [4.69, 9.17) is 17.0 Å². The van der Waals surface area contributed by atoms with Gasteiger partial charge in [-0.25, -0.2) is 0 Å². The van der Waals surface area contributed by atoms with Gasteiger partial charge in [-0.1, -0.05) is 20.8 Å². The van der Waals surface area contributed by atoms with Gasteiger partial charge in [0.1, 0.15) is 0 Å². The first kappa shape index (κ1) is 11.9. The van der Waals surface area contributed by atoms with Gasteiger partial charge in [0.25, 0.3) is 0 Å². The minimum Gasteiger partial charge on any atom is -0.487 e. The normalized spacial score (nSPS) is 11.3. The van der Waals surface area contributed by atoms with Gasteiger partial charge in [0.05, 0.1) is 6.61 Å². The molecule has 0 atom stereocenters. The van der Waals surface area contributed by atoms with Gasteiger partial charge in [-0.2, -0.15) is 0 Å². The van der Waals surface area contributed by atoms with E-state index in [0.29, 0.717) is 12.0 Å². The molecule has 0 saturated carbocycles. The molecule has 0 rings (SSSR count). The topological polar surface area (TPSA) is 9.23 Å². The molecule has 2 heteroatoms. The zero-order valence-corrected chi connectivity index (χ0v) is 9.46. The van der Waals surface area contributed by atoms with E-state index in [0.717, 1.165) is 17.9 Å². The molecule has 0 saturated heterocycles. The van der Waals surface area contributed by atoms with E-state index in [2.05, 4.69) is 20.8 Å². The van der Waals surface area contributed by atoms with Crippen LogP contribution in [0.25, 0.3) is 0 Å². The molecule has 0 radical (unpaired) electrons. The highest BCUT2D eigenvalue weighted by Crippen LogP contribution is 2.21. The SMILES string of the molecule is CCOC(=S)CCCC(C)(C)C. The Morgan fingerprint density at radius 1 is 1.33 bits per heavy atom. The molecule has 0 aliphatic carbocycles. The van der Waals surface area contributed by atoms with Crippen LogP contribution in [0.5, 0.6) is 0 Å². The summed E-state index contributed by atoms with van der Waals surface area (Å²) >= 11 is 5.02. The number of rotatable bonds is 4. The molecule has 0 aliphatic rings. The first-order valence-corrected chi connectivity index (χ1v) is 5.02. The van der Waals surface area contributed by atoms with Crippen molar-refractivity contribution in [3.63, 3.8) is 0 Å². The van der Waals surface area contributed by atoms with Crippen LogP contribution in [-0.2, 0) is 4.74 Å². The zero-order valence-electron chi connectivity index (χ0n) is 8.64. The summed E-state index contributed by atoms with van der Waals surface area (Å²) in [4.78, 5) is 0. The van der Waals surface area contributed by atoms with Crippen molar-refractivity contribution in [3.8, 4) is 0 Å². The highest BCUT2D eigenvalue weighted by Gasteiger charge is 2.09. The van der Waals surface area contributed by atoms with Crippen LogP contribution < -0.4 is 0 Å². The van der Waals surface area contributed by atoms with E-state index in [1.807, 2.05) is 6.92 Å². The number of hydrogen-bond acceptors (Lipinski definition) is 2. The van der Waals surface area contributed by atoms with Crippen molar-refractivity contribution in [3.05, 3.63) is 0 Å². The Balaban J connectivity index is 3.37. The molecule has 0 aliphatic heterocycles. The summed E-state index contributed by atoms with van der Waals surface area (Å²) in [5, 5.41) is 0.766. The third kappa shape index (κ3) is 7.99. The van der Waals surface area contributed by atoms with Crippen molar-refractivity contribution in [2.75, 3.05) is 6.61 Å². The molecule has 72 valence electrons. The van der Waals surface area contributed by atoms with E-state index in [1.54, 1.807) is 0 Å². The average molecular weight is 188 g/mol. The van der Waals surface area contributed by atoms with E-state index in [1.165, 1.54) is 6.42 Å². The summed E-state index contributed by atoms with van der Waals surface area (Å²) < 4.78 is 5.19. The molecule has 0 spiro atoms. The van der Waals surface area contributed by atoms with Gasteiger partial charge in [0.15, 0.2) is 5.05 Å². The second kappa shape index (κ2) is 5.52. The predicted molar refractivity (Wildman–Crippen MR) is 57.5 cm³/mol. The predicted octanol–water partition coefficient (Wildman–Crippen LogP) is 3.57. The van der Waals surface area contributed by atoms with Crippen LogP contribution in [0.2, 0.25) is 0 Å². The van der Waals surface area contributed by atoms with E-state index in [9.17, 15) is 0 Å². The van der Waals surface area contributed by atoms with Crippen LogP contribution in [-0.4, -0.2) is 11.7 Å². The monoisotopic (exact) mass is 188 g/mol. The van der Waals surface area contributed by atoms with Gasteiger partial charge in [-0.3, -0.25) is 0 Å². The van der Waals surface area contributed by atoms with Gasteiger partial charge in [0.2, 0.25) is 0 Å². The van der Waals surface area contributed by atoms with Gasteiger partial charge >= 0.3 is 0 Å². The first-order valence-electron chi connectivity index (χ1n) is 4.61. The Morgan fingerprint density at radius 2 is 1.92 bits per heavy atom. The quantitative estimate of drug-likeness (QED) is 0.624. The largest absolute Gasteiger partial charge is 0.487 e. The van der Waals surface area contributed by atoms with Gasteiger partial charge in [-0.15, -0.1) is 0 Å². The molecular weight excluding hydrogens is 168 g/mol. The lowest BCUT2D eigenvalue weighted by atomic mass is 9.90. The molecule has 12 heavy (non-hydrogen) atoms. The Morgan fingerprint density at radius 3 is 2.33 bits per heavy atom. The third-order valence-corrected chi connectivity index (χ3v) is 1.93. The van der Waals surface area contributed by atoms with Crippen molar-refractivity contribution < 1.29 is 4.74 Å². The van der Waals surface area contributed by atoms with Crippen molar-refractivity contribution in [2.45, 2.75) is 47.0 Å². The molecule has 0 N–H and O–H groups in total. The lowest BCUT2D eigenvalue weighted by Gasteiger charge is -2.17. The Kier molecular flexibility index (Phi) is 5.47. The summed E-state index contributed by atoms with van der Waals surface area (Å²) in [6, 6.07) is 0. The van der Waals surface area contributed by atoms with Gasteiger partial charge < -0.3 is 4.74 Å². The van der Waals surface area contributed by atoms with Gasteiger partial charge in [-0.05, 0) is 37.4 Å². The summed E-state index contributed by atoms with van der Waals surface area (Å²) in [6.07, 6.45) is 3.28. The summed E-state index contributed by atoms with van der Waals surface area (Å²) in [6.45, 7) is 9.41. The maximum absolute atomic E-state index is 5.19. The molecule has 1 nitrogen and oxygen atoms in total. The van der Waals surface area contributed by atoms with Crippen LogP contribution >= 0.6 is 12.2 Å². The van der Waals surface area contributed by atoms with Crippen LogP contribution in [0.4, 0.5) is 0 Å². The van der Waals surface area contributed by atoms with Crippen LogP contribution in [0, 0.1) is 5.41 Å². The van der Waals surface area contributed by atoms with Crippen molar-refractivity contribution in [2.24, 2.45) is 5.41 Å². The summed E-state index contributed by atoms with van der Waals surface area (Å²) in [7, 11) is 0. The van der Waals surface area contributed by atoms with Gasteiger partial charge in [0, 0.05) is 6.42 Å². The molecule has 0 bridgehead atoms. The smallest absolute Gasteiger partial charge is 0.159 e. The molecule has 0 aromatic carbocycles. The summed E-state index contributed by atoms with van der Waals surface area (Å²) in [5.41, 5.74) is 0.418. The van der Waals surface area contributed by atoms with E-state index < -0.39 is 0 Å². The highest BCUT2D eigenvalue weighted by molar-refractivity contribution is 7.80. The molecule has 0 amide bonds. The summed E-state index contributed by atoms with van der Waals surface area (Å²) in [5.74, 6) is 0. The van der Waals surface area contributed by atoms with Crippen LogP contribution in [0.15, 0.2) is 0 Å². The van der Waals surface area contributed by atoms with Crippen LogP contribution in [0.3, 0.4) is 0 Å². The maximum Gasteiger partial charge on any atom is 0.159 e. The number of hydrogen-bond donors (Lipinski definition) is 0. The number of ether oxygens (including phenoxy) is 1. The fourth-order valence-corrected chi connectivity index (χ4v) is 1.26. The Bertz CT molecular complexity index is 135. The molecule has 0 heterocycles. The zero-order chi connectivity index (χ0) is 9.61. The van der Waals surface area contributed by atoms with Crippen molar-refractivity contribution >= 4 is 17.3 Å². The Labute approximate surface area is 81.5 Å². The van der Waals surface area contributed by atoms with Crippen molar-refractivity contribution in [1.29, 1.82) is 0 Å². The second-order valence-electron chi connectivity index (χ2n) is 4.22. The minimum absolute atomic E-state index is 0.418. The lowest BCUT2D eigenvalue weighted by molar-refractivity contribution is 0.317. The molecule has 0 aromatic heterocycles. The fraction of sp³-hybridized carbons (Fsp3) is 0.900. The lowest BCUT2D eigenvalue weighted by Crippen LogP contribution is -2.07. The standard InChI is InChI=1S/C10H20OS/c1-5-11-9(12)7-6-8-10(2,3)4/h5-8H2,1-4H3. The van der Waals surface area contributed by atoms with Crippen LogP contribution in [0.1, 0.15) is 47.0 Å². The Hall–Kier alpha value is -0.110. The minimum atomic E-state index is 0.418. The average Bonchev–Trinajstić information content (AvgIpc) is 1.84. The maximum atomic E-state index is 5.19. The van der Waals surface area contributed by atoms with E-state index >= 15 is 0 Å². The molecule has 0 fully saturated rings. The number of thiocarbonyl (C=S) groups is 1. The third-order valence-electron chi connectivity index (χ3n) is 1.61. The fourth-order valence-electron chi connectivity index (χ4n) is 0.996. The van der Waals surface area contributed by atoms with Crippen molar-refractivity contribution in [1.82, 2.24) is 0 Å².